The Morgan fingerprint density at radius 2 is 1.23 bits per heavy atom. The smallest absolute Gasteiger partial charge is 0.343 e. The van der Waals surface area contributed by atoms with E-state index in [1.54, 1.807) is 11.8 Å². The molecule has 0 bridgehead atoms. The zero-order valence-corrected chi connectivity index (χ0v) is 60.8. The Labute approximate surface area is 586 Å². The Bertz CT molecular complexity index is 3100. The van der Waals surface area contributed by atoms with Crippen molar-refractivity contribution in [3.8, 4) is 0 Å². The third-order valence-electron chi connectivity index (χ3n) is 21.9. The van der Waals surface area contributed by atoms with Gasteiger partial charge in [0.1, 0.15) is 47.8 Å². The zero-order valence-electron chi connectivity index (χ0n) is 60.0. The van der Waals surface area contributed by atoms with Crippen molar-refractivity contribution in [1.82, 2.24) is 60.0 Å². The van der Waals surface area contributed by atoms with E-state index in [9.17, 15) is 46.7 Å². The second-order valence-electron chi connectivity index (χ2n) is 29.5. The average molecular weight is 1410 g/mol. The monoisotopic (exact) mass is 1410 g/mol. The van der Waals surface area contributed by atoms with Crippen LogP contribution in [0.2, 0.25) is 5.02 Å². The number of hydrogen-bond acceptors (Lipinski definition) is 12. The van der Waals surface area contributed by atoms with Gasteiger partial charge in [0, 0.05) is 69.0 Å². The summed E-state index contributed by atoms with van der Waals surface area (Å²) in [6.45, 7) is 6.45. The Balaban J connectivity index is 1.28. The van der Waals surface area contributed by atoms with Crippen LogP contribution in [-0.4, -0.2) is 251 Å². The van der Waals surface area contributed by atoms with E-state index in [-0.39, 0.29) is 69.2 Å². The first-order chi connectivity index (χ1) is 46.7. The lowest BCUT2D eigenvalue weighted by Crippen LogP contribution is -2.65. The summed E-state index contributed by atoms with van der Waals surface area (Å²) in [6, 6.07) is -5.49. The van der Waals surface area contributed by atoms with Gasteiger partial charge in [-0.3, -0.25) is 57.5 Å². The molecule has 0 aromatic heterocycles. The Hall–Kier alpha value is -7.06. The number of nitrogens with one attached hydrogen (secondary N) is 3. The van der Waals surface area contributed by atoms with Gasteiger partial charge in [0.15, 0.2) is 0 Å². The molecule has 6 aliphatic rings. The highest BCUT2D eigenvalue weighted by Crippen LogP contribution is 2.39. The van der Waals surface area contributed by atoms with Crippen LogP contribution in [0.3, 0.4) is 0 Å². The lowest BCUT2D eigenvalue weighted by Gasteiger charge is -2.42. The lowest BCUT2D eigenvalue weighted by atomic mass is 9.84. The molecule has 99 heavy (non-hydrogen) atoms. The largest absolute Gasteiger partial charge is 0.417 e. The number of amides is 12. The molecule has 3 saturated heterocycles. The van der Waals surface area contributed by atoms with E-state index in [1.165, 1.54) is 79.9 Å². The maximum absolute atomic E-state index is 15.6. The van der Waals surface area contributed by atoms with Crippen molar-refractivity contribution >= 4 is 82.5 Å². The molecule has 28 heteroatoms. The molecular formula is C71H108ClF3N12O12. The number of carbonyl (C=O) groups is 12. The molecule has 3 heterocycles. The summed E-state index contributed by atoms with van der Waals surface area (Å²) in [6.07, 6.45) is 5.37. The predicted octanol–water partition coefficient (Wildman–Crippen LogP) is 5.64. The fraction of sp³-hybridized carbons (Fsp3) is 0.746. The summed E-state index contributed by atoms with van der Waals surface area (Å²) in [5.74, 6) is -8.70. The van der Waals surface area contributed by atoms with E-state index < -0.39 is 167 Å². The van der Waals surface area contributed by atoms with Crippen molar-refractivity contribution in [3.05, 3.63) is 34.3 Å². The molecule has 0 radical (unpaired) electrons. The van der Waals surface area contributed by atoms with Crippen LogP contribution >= 0.6 is 11.6 Å². The highest BCUT2D eigenvalue weighted by Gasteiger charge is 2.52. The highest BCUT2D eigenvalue weighted by molar-refractivity contribution is 6.31. The number of benzene rings is 1. The first kappa shape index (κ1) is 79.3. The van der Waals surface area contributed by atoms with Crippen LogP contribution in [0.25, 0.3) is 0 Å². The number of rotatable bonds is 11. The van der Waals surface area contributed by atoms with Crippen LogP contribution in [-0.2, 0) is 70.1 Å². The molecule has 3 N–H and O–H groups in total. The third-order valence-corrected chi connectivity index (χ3v) is 22.2. The third kappa shape index (κ3) is 19.7. The second-order valence-corrected chi connectivity index (χ2v) is 29.9. The number of carbonyl (C=O) groups excluding carboxylic acids is 12. The van der Waals surface area contributed by atoms with Gasteiger partial charge in [-0.2, -0.15) is 13.2 Å². The predicted molar refractivity (Wildman–Crippen MR) is 364 cm³/mol. The summed E-state index contributed by atoms with van der Waals surface area (Å²) in [7, 11) is 9.98. The molecule has 3 aliphatic heterocycles. The van der Waals surface area contributed by atoms with Crippen LogP contribution in [0.4, 0.5) is 13.2 Å². The van der Waals surface area contributed by atoms with E-state index in [1.807, 2.05) is 20.8 Å². The molecule has 1 spiro atoms. The number of likely N-dealkylation sites (tertiary alicyclic amines) is 1. The maximum atomic E-state index is 15.6. The molecule has 1 unspecified atom stereocenters. The summed E-state index contributed by atoms with van der Waals surface area (Å²) >= 11 is 6.15. The molecule has 8 atom stereocenters. The minimum Gasteiger partial charge on any atom is -0.343 e. The van der Waals surface area contributed by atoms with E-state index in [0.717, 1.165) is 71.8 Å². The summed E-state index contributed by atoms with van der Waals surface area (Å²) in [5, 5.41) is 8.16. The quantitative estimate of drug-likeness (QED) is 0.243. The maximum Gasteiger partial charge on any atom is 0.417 e. The molecule has 6 fully saturated rings. The molecule has 3 aliphatic carbocycles. The van der Waals surface area contributed by atoms with Gasteiger partial charge in [0.25, 0.3) is 0 Å². The normalized spacial score (nSPS) is 26.8. The summed E-state index contributed by atoms with van der Waals surface area (Å²) in [5.41, 5.74) is -2.33. The second kappa shape index (κ2) is 35.0. The Kier molecular flexibility index (Phi) is 28.0. The molecule has 3 saturated carbocycles. The van der Waals surface area contributed by atoms with Crippen molar-refractivity contribution in [2.75, 3.05) is 88.6 Å². The zero-order chi connectivity index (χ0) is 73.0. The van der Waals surface area contributed by atoms with Crippen molar-refractivity contribution < 1.29 is 70.7 Å². The van der Waals surface area contributed by atoms with Gasteiger partial charge >= 0.3 is 6.18 Å². The van der Waals surface area contributed by atoms with Crippen LogP contribution in [0.1, 0.15) is 180 Å². The molecule has 24 nitrogen and oxygen atoms in total. The number of halogens is 4. The van der Waals surface area contributed by atoms with Crippen LogP contribution in [0.5, 0.6) is 0 Å². The van der Waals surface area contributed by atoms with Gasteiger partial charge in [-0.15, -0.1) is 0 Å². The minimum absolute atomic E-state index is 0.0205. The van der Waals surface area contributed by atoms with Gasteiger partial charge in [0.2, 0.25) is 70.9 Å². The molecule has 1 aromatic carbocycles. The topological polar surface area (TPSA) is 270 Å². The SMILES string of the molecule is CC[C@H](C)[C@@H]1NC(=O)[C@H](CC(C)C)N(C)C(=O)C[C@@H](C(=O)N2CCCC2)N(C)C(=O)[C@H](C2CCCC2)N(C)C(=O)C2(CCCC2)NC(=O)C2CCCN2C(=O)[C@H](CCc2ccc(C(F)(F)F)c(Cl)c2)NC(=O)CN(C)C(=O)[C@H](CC2CCCCC2)N(C)C(=O)CN(C)C(=O)CN(C)C1=O. The van der Waals surface area contributed by atoms with Gasteiger partial charge in [0.05, 0.1) is 36.6 Å². The number of likely N-dealkylation sites (N-methyl/N-ethyl adjacent to an activating group) is 7. The van der Waals surface area contributed by atoms with Gasteiger partial charge in [-0.05, 0) is 118 Å². The van der Waals surface area contributed by atoms with Gasteiger partial charge < -0.3 is 60.0 Å². The van der Waals surface area contributed by atoms with Crippen LogP contribution < -0.4 is 16.0 Å². The Morgan fingerprint density at radius 3 is 1.84 bits per heavy atom. The molecule has 12 amide bonds. The number of fused-ring (bicyclic) bond motifs is 1. The van der Waals surface area contributed by atoms with Crippen molar-refractivity contribution in [2.45, 2.75) is 229 Å². The van der Waals surface area contributed by atoms with E-state index in [2.05, 4.69) is 16.0 Å². The first-order valence-electron chi connectivity index (χ1n) is 35.9. The number of hydrogen-bond donors (Lipinski definition) is 3. The fourth-order valence-corrected chi connectivity index (χ4v) is 15.8. The molecule has 7 rings (SSSR count). The fourth-order valence-electron chi connectivity index (χ4n) is 15.5. The standard InChI is InChI=1S/C71H108ClF3N12O12/c1-12-45(4)60-67(97)81(7)42-58(90)79(5)43-59(91)83(9)54(39-46-23-14-13-15-24-46)65(95)80(6)41-56(88)76-51(31-29-47-28-30-49(50(72)38-47)71(73,74)75)64(94)87-36-22-27-52(87)63(93)78-70(32-18-19-33-70)69(99)85(11)61(48-25-16-17-26-48)68(98)84(10)55(66(96)86-34-20-21-35-86)40-57(89)82(8)53(37-44(2)3)62(92)77-60/h28,30,38,44-46,48,51-55,60-61H,12-27,29,31-37,39-43H2,1-11H3,(H,76,88)(H,77,92)(H,78,93)/t45-,51-,52?,53-,54-,55-,60-,61-/m0/s1. The van der Waals surface area contributed by atoms with Crippen LogP contribution in [0, 0.1) is 23.7 Å². The van der Waals surface area contributed by atoms with Gasteiger partial charge in [-0.1, -0.05) is 110 Å². The van der Waals surface area contributed by atoms with Gasteiger partial charge in [-0.25, -0.2) is 0 Å². The number of nitrogens with zero attached hydrogens (tertiary/aromatic N) is 9. The number of alkyl halides is 3. The first-order valence-corrected chi connectivity index (χ1v) is 36.2. The molecule has 552 valence electrons. The van der Waals surface area contributed by atoms with Crippen molar-refractivity contribution in [1.29, 1.82) is 0 Å². The summed E-state index contributed by atoms with van der Waals surface area (Å²) < 4.78 is 41.6. The highest BCUT2D eigenvalue weighted by atomic mass is 35.5. The van der Waals surface area contributed by atoms with E-state index >= 15 is 24.0 Å². The van der Waals surface area contributed by atoms with E-state index in [0.29, 0.717) is 70.0 Å². The minimum atomic E-state index is -4.76. The Morgan fingerprint density at radius 1 is 0.626 bits per heavy atom. The van der Waals surface area contributed by atoms with E-state index in [4.69, 9.17) is 11.6 Å². The van der Waals surface area contributed by atoms with Crippen LogP contribution in [0.15, 0.2) is 18.2 Å². The van der Waals surface area contributed by atoms with Crippen molar-refractivity contribution in [2.24, 2.45) is 23.7 Å². The number of aryl methyl sites for hydroxylation is 1. The van der Waals surface area contributed by atoms with Crippen molar-refractivity contribution in [3.63, 3.8) is 0 Å². The molecular weight excluding hydrogens is 1310 g/mol. The summed E-state index contributed by atoms with van der Waals surface area (Å²) in [4.78, 5) is 190. The molecule has 1 aromatic rings. The lowest BCUT2D eigenvalue weighted by molar-refractivity contribution is -0.156. The average Bonchev–Trinajstić information content (AvgIpc) is 1.73.